The number of hydrogen-bond acceptors (Lipinski definition) is 2. The van der Waals surface area contributed by atoms with Crippen LogP contribution >= 0.6 is 0 Å². The van der Waals surface area contributed by atoms with E-state index in [9.17, 15) is 35.9 Å². The van der Waals surface area contributed by atoms with Crippen molar-refractivity contribution in [2.24, 2.45) is 5.92 Å². The van der Waals surface area contributed by atoms with Crippen LogP contribution < -0.4 is 0 Å². The van der Waals surface area contributed by atoms with Crippen LogP contribution in [0.25, 0.3) is 0 Å². The van der Waals surface area contributed by atoms with Crippen molar-refractivity contribution in [2.45, 2.75) is 38.3 Å². The highest BCUT2D eigenvalue weighted by atomic mass is 19.4. The molecule has 1 unspecified atom stereocenters. The van der Waals surface area contributed by atoms with Crippen molar-refractivity contribution >= 4 is 11.8 Å². The second-order valence-corrected chi connectivity index (χ2v) is 9.57. The number of alkyl halides is 6. The highest BCUT2D eigenvalue weighted by molar-refractivity contribution is 5.89. The highest BCUT2D eigenvalue weighted by Crippen LogP contribution is 2.37. The summed E-state index contributed by atoms with van der Waals surface area (Å²) in [7, 11) is 0. The van der Waals surface area contributed by atoms with Crippen LogP contribution in [0.2, 0.25) is 0 Å². The maximum absolute atomic E-state index is 13.5. The predicted molar refractivity (Wildman–Crippen MR) is 132 cm³/mol. The molecular weight excluding hydrogens is 522 g/mol. The molecule has 3 aromatic carbocycles. The zero-order valence-corrected chi connectivity index (χ0v) is 20.8. The normalized spacial score (nSPS) is 16.0. The van der Waals surface area contributed by atoms with Crippen LogP contribution in [0.4, 0.5) is 26.3 Å². The largest absolute Gasteiger partial charge is 0.416 e. The van der Waals surface area contributed by atoms with Crippen molar-refractivity contribution in [1.82, 2.24) is 9.80 Å². The Labute approximate surface area is 221 Å². The van der Waals surface area contributed by atoms with Gasteiger partial charge in [-0.3, -0.25) is 9.59 Å². The predicted octanol–water partition coefficient (Wildman–Crippen LogP) is 6.34. The summed E-state index contributed by atoms with van der Waals surface area (Å²) in [4.78, 5) is 29.1. The maximum Gasteiger partial charge on any atom is 0.416 e. The molecule has 4 rings (SSSR count). The Kier molecular flexibility index (Phi) is 8.32. The number of benzene rings is 3. The number of carbonyl (C=O) groups excluding carboxylic acids is 2. The molecule has 0 radical (unpaired) electrons. The summed E-state index contributed by atoms with van der Waals surface area (Å²) in [5.74, 6) is -1.54. The molecule has 0 aliphatic carbocycles. The van der Waals surface area contributed by atoms with Gasteiger partial charge in [-0.15, -0.1) is 0 Å². The van der Waals surface area contributed by atoms with E-state index in [1.54, 1.807) is 4.90 Å². The molecule has 1 aliphatic heterocycles. The number of hydrogen-bond donors (Lipinski definition) is 0. The molecule has 1 saturated heterocycles. The van der Waals surface area contributed by atoms with Gasteiger partial charge >= 0.3 is 12.4 Å². The van der Waals surface area contributed by atoms with Gasteiger partial charge < -0.3 is 9.80 Å². The van der Waals surface area contributed by atoms with Gasteiger partial charge in [-0.1, -0.05) is 60.7 Å². The van der Waals surface area contributed by atoms with Gasteiger partial charge in [0.05, 0.1) is 17.0 Å². The van der Waals surface area contributed by atoms with Gasteiger partial charge in [-0.25, -0.2) is 0 Å². The zero-order valence-electron chi connectivity index (χ0n) is 20.8. The van der Waals surface area contributed by atoms with Crippen LogP contribution in [-0.2, 0) is 41.5 Å². The molecule has 1 heterocycles. The molecule has 206 valence electrons. The lowest BCUT2D eigenvalue weighted by Crippen LogP contribution is -2.38. The lowest BCUT2D eigenvalue weighted by Gasteiger charge is -2.26. The number of amides is 2. The van der Waals surface area contributed by atoms with Crippen molar-refractivity contribution in [3.63, 3.8) is 0 Å². The number of carbonyl (C=O) groups is 2. The van der Waals surface area contributed by atoms with Gasteiger partial charge in [0.25, 0.3) is 0 Å². The highest BCUT2D eigenvalue weighted by Gasteiger charge is 2.39. The number of nitrogens with zero attached hydrogens (tertiary/aromatic N) is 2. The lowest BCUT2D eigenvalue weighted by molar-refractivity contribution is -0.143. The van der Waals surface area contributed by atoms with Crippen LogP contribution in [0, 0.1) is 5.92 Å². The fourth-order valence-corrected chi connectivity index (χ4v) is 4.66. The molecule has 0 bridgehead atoms. The Morgan fingerprint density at radius 2 is 1.33 bits per heavy atom. The monoisotopic (exact) mass is 548 g/mol. The molecule has 0 aromatic heterocycles. The minimum absolute atomic E-state index is 0.0514. The average molecular weight is 549 g/mol. The Balaban J connectivity index is 1.51. The first kappa shape index (κ1) is 28.2. The van der Waals surface area contributed by atoms with Gasteiger partial charge in [0.1, 0.15) is 0 Å². The molecule has 1 atom stereocenters. The van der Waals surface area contributed by atoms with Crippen LogP contribution in [0.5, 0.6) is 0 Å². The summed E-state index contributed by atoms with van der Waals surface area (Å²) in [6, 6.07) is 20.1. The zero-order chi connectivity index (χ0) is 28.2. The minimum atomic E-state index is -4.99. The molecule has 0 spiro atoms. The molecule has 1 fully saturated rings. The number of likely N-dealkylation sites (tertiary alicyclic amines) is 1. The van der Waals surface area contributed by atoms with E-state index >= 15 is 0 Å². The van der Waals surface area contributed by atoms with Crippen molar-refractivity contribution in [2.75, 3.05) is 13.1 Å². The molecule has 2 amide bonds. The standard InChI is InChI=1S/C29H26F6N2O2/c30-28(31,32)24-13-22(14-25(16-24)29(33,34)35)18-37-19-23(15-26(37)38)27(39)36(17-21-9-5-2-6-10-21)12-11-20-7-3-1-4-8-20/h1-10,13-14,16,23H,11-12,15,17-19H2. The summed E-state index contributed by atoms with van der Waals surface area (Å²) in [6.07, 6.45) is -9.56. The third-order valence-electron chi connectivity index (χ3n) is 6.63. The van der Waals surface area contributed by atoms with E-state index in [4.69, 9.17) is 0 Å². The minimum Gasteiger partial charge on any atom is -0.338 e. The molecule has 10 heteroatoms. The van der Waals surface area contributed by atoms with E-state index in [1.807, 2.05) is 60.7 Å². The second kappa shape index (κ2) is 11.5. The van der Waals surface area contributed by atoms with Crippen molar-refractivity contribution in [3.05, 3.63) is 107 Å². The van der Waals surface area contributed by atoms with E-state index in [-0.39, 0.29) is 30.5 Å². The van der Waals surface area contributed by atoms with Crippen molar-refractivity contribution in [1.29, 1.82) is 0 Å². The average Bonchev–Trinajstić information content (AvgIpc) is 3.26. The van der Waals surface area contributed by atoms with E-state index in [0.29, 0.717) is 31.6 Å². The Hall–Kier alpha value is -3.82. The molecule has 39 heavy (non-hydrogen) atoms. The topological polar surface area (TPSA) is 40.6 Å². The Morgan fingerprint density at radius 3 is 1.87 bits per heavy atom. The van der Waals surface area contributed by atoms with Gasteiger partial charge in [0.2, 0.25) is 11.8 Å². The maximum atomic E-state index is 13.5. The molecule has 0 N–H and O–H groups in total. The summed E-state index contributed by atoms with van der Waals surface area (Å²) in [6.45, 7) is 0.134. The Bertz CT molecular complexity index is 1260. The van der Waals surface area contributed by atoms with Gasteiger partial charge in [0.15, 0.2) is 0 Å². The van der Waals surface area contributed by atoms with Crippen LogP contribution in [0.1, 0.15) is 34.2 Å². The quantitative estimate of drug-likeness (QED) is 0.308. The summed E-state index contributed by atoms with van der Waals surface area (Å²) in [5.41, 5.74) is -1.27. The van der Waals surface area contributed by atoms with E-state index < -0.39 is 41.8 Å². The van der Waals surface area contributed by atoms with Gasteiger partial charge in [0, 0.05) is 32.6 Å². The molecule has 0 saturated carbocycles. The fraction of sp³-hybridized carbons (Fsp3) is 0.310. The molecule has 1 aliphatic rings. The summed E-state index contributed by atoms with van der Waals surface area (Å²) < 4.78 is 79.6. The fourth-order valence-electron chi connectivity index (χ4n) is 4.66. The molecular formula is C29H26F6N2O2. The van der Waals surface area contributed by atoms with Crippen LogP contribution in [0.15, 0.2) is 78.9 Å². The third kappa shape index (κ3) is 7.40. The van der Waals surface area contributed by atoms with Crippen LogP contribution in [-0.4, -0.2) is 34.7 Å². The second-order valence-electron chi connectivity index (χ2n) is 9.57. The van der Waals surface area contributed by atoms with Gasteiger partial charge in [-0.2, -0.15) is 26.3 Å². The third-order valence-corrected chi connectivity index (χ3v) is 6.63. The number of halogens is 6. The molecule has 3 aromatic rings. The Morgan fingerprint density at radius 1 is 0.795 bits per heavy atom. The van der Waals surface area contributed by atoms with E-state index in [1.165, 1.54) is 0 Å². The first-order chi connectivity index (χ1) is 18.4. The summed E-state index contributed by atoms with van der Waals surface area (Å²) in [5, 5.41) is 0. The SMILES string of the molecule is O=C1CC(C(=O)N(CCc2ccccc2)Cc2ccccc2)CN1Cc1cc(C(F)(F)F)cc(C(F)(F)F)c1. The first-order valence-electron chi connectivity index (χ1n) is 12.3. The smallest absolute Gasteiger partial charge is 0.338 e. The van der Waals surface area contributed by atoms with Crippen molar-refractivity contribution < 1.29 is 35.9 Å². The number of rotatable bonds is 8. The van der Waals surface area contributed by atoms with Crippen LogP contribution in [0.3, 0.4) is 0 Å². The van der Waals surface area contributed by atoms with Crippen molar-refractivity contribution in [3.8, 4) is 0 Å². The van der Waals surface area contributed by atoms with Gasteiger partial charge in [-0.05, 0) is 41.3 Å². The summed E-state index contributed by atoms with van der Waals surface area (Å²) >= 11 is 0. The molecule has 4 nitrogen and oxygen atoms in total. The lowest BCUT2D eigenvalue weighted by atomic mass is 10.0. The first-order valence-corrected chi connectivity index (χ1v) is 12.3. The van der Waals surface area contributed by atoms with E-state index in [0.717, 1.165) is 16.0 Å². The van der Waals surface area contributed by atoms with E-state index in [2.05, 4.69) is 0 Å².